The average molecular weight is 213 g/mol. The smallest absolute Gasteiger partial charge is 0.0579 e. The molecule has 0 atom stereocenters. The van der Waals surface area contributed by atoms with Gasteiger partial charge < -0.3 is 4.90 Å². The molecule has 84 valence electrons. The molecule has 1 nitrogen and oxygen atoms in total. The number of allylic oxidation sites excluding steroid dienone is 1. The Balaban J connectivity index is 1.63. The summed E-state index contributed by atoms with van der Waals surface area (Å²) in [5.41, 5.74) is 4.85. The van der Waals surface area contributed by atoms with Gasteiger partial charge in [0.2, 0.25) is 0 Å². The van der Waals surface area contributed by atoms with Gasteiger partial charge in [-0.05, 0) is 36.8 Å². The molecule has 16 heavy (non-hydrogen) atoms. The van der Waals surface area contributed by atoms with Crippen molar-refractivity contribution in [2.24, 2.45) is 0 Å². The largest absolute Gasteiger partial charge is 0.363 e. The van der Waals surface area contributed by atoms with E-state index in [0.717, 1.165) is 6.54 Å². The van der Waals surface area contributed by atoms with Crippen molar-refractivity contribution in [3.63, 3.8) is 0 Å². The van der Waals surface area contributed by atoms with E-state index >= 15 is 0 Å². The van der Waals surface area contributed by atoms with Crippen LogP contribution in [-0.2, 0) is 6.54 Å². The fraction of sp³-hybridized carbons (Fsp3) is 0.467. The van der Waals surface area contributed by atoms with Crippen LogP contribution in [0.2, 0.25) is 0 Å². The minimum Gasteiger partial charge on any atom is -0.363 e. The van der Waals surface area contributed by atoms with Gasteiger partial charge in [0.05, 0.1) is 6.54 Å². The maximum atomic E-state index is 2.52. The van der Waals surface area contributed by atoms with Crippen LogP contribution in [0.1, 0.15) is 37.7 Å². The van der Waals surface area contributed by atoms with E-state index in [1.807, 2.05) is 0 Å². The Bertz CT molecular complexity index is 383. The van der Waals surface area contributed by atoms with E-state index in [2.05, 4.69) is 35.2 Å². The molecule has 1 heterocycles. The fourth-order valence-corrected chi connectivity index (χ4v) is 2.70. The first-order chi connectivity index (χ1) is 7.93. The maximum Gasteiger partial charge on any atom is 0.0579 e. The summed E-state index contributed by atoms with van der Waals surface area (Å²) in [4.78, 5) is 2.52. The van der Waals surface area contributed by atoms with Crippen molar-refractivity contribution >= 4 is 0 Å². The standard InChI is InChI=1S/C15H19N/c1-3-7-13(8-4-1)11-16-12-15(16)14-9-5-2-6-10-14/h1,3-4,7-8H,2,5-6,9-12H2. The number of hydrogen-bond acceptors (Lipinski definition) is 1. The van der Waals surface area contributed by atoms with Crippen LogP contribution in [0.25, 0.3) is 0 Å². The lowest BCUT2D eigenvalue weighted by Crippen LogP contribution is -1.98. The van der Waals surface area contributed by atoms with Gasteiger partial charge in [-0.15, -0.1) is 0 Å². The lowest BCUT2D eigenvalue weighted by molar-refractivity contribution is 0.555. The zero-order chi connectivity index (χ0) is 10.8. The topological polar surface area (TPSA) is 3.01 Å². The molecule has 1 aliphatic carbocycles. The first-order valence-corrected chi connectivity index (χ1v) is 6.43. The first kappa shape index (κ1) is 9.95. The number of benzene rings is 1. The molecule has 1 heteroatoms. The van der Waals surface area contributed by atoms with Crippen molar-refractivity contribution in [3.8, 4) is 0 Å². The number of rotatable bonds is 2. The van der Waals surface area contributed by atoms with Crippen LogP contribution >= 0.6 is 0 Å². The van der Waals surface area contributed by atoms with E-state index < -0.39 is 0 Å². The monoisotopic (exact) mass is 213 g/mol. The minimum atomic E-state index is 1.11. The van der Waals surface area contributed by atoms with Gasteiger partial charge >= 0.3 is 0 Å². The second kappa shape index (κ2) is 4.32. The SMILES string of the molecule is c1ccc(CN2CC2=C2CCCCC2)cc1. The van der Waals surface area contributed by atoms with Gasteiger partial charge in [-0.25, -0.2) is 0 Å². The molecule has 1 saturated heterocycles. The predicted octanol–water partition coefficient (Wildman–Crippen LogP) is 3.72. The van der Waals surface area contributed by atoms with E-state index in [0.29, 0.717) is 0 Å². The maximum absolute atomic E-state index is 2.52. The van der Waals surface area contributed by atoms with Gasteiger partial charge in [0.15, 0.2) is 0 Å². The van der Waals surface area contributed by atoms with Crippen molar-refractivity contribution in [1.82, 2.24) is 4.90 Å². The van der Waals surface area contributed by atoms with Crippen LogP contribution in [0, 0.1) is 0 Å². The van der Waals surface area contributed by atoms with Crippen molar-refractivity contribution in [2.75, 3.05) is 6.54 Å². The highest BCUT2D eigenvalue weighted by molar-refractivity contribution is 5.29. The summed E-state index contributed by atoms with van der Waals surface area (Å²) in [5, 5.41) is 0. The van der Waals surface area contributed by atoms with E-state index in [9.17, 15) is 0 Å². The Morgan fingerprint density at radius 2 is 1.69 bits per heavy atom. The van der Waals surface area contributed by atoms with Crippen molar-refractivity contribution in [2.45, 2.75) is 38.6 Å². The van der Waals surface area contributed by atoms with Crippen LogP contribution < -0.4 is 0 Å². The third-order valence-corrected chi connectivity index (χ3v) is 3.70. The van der Waals surface area contributed by atoms with Gasteiger partial charge in [0.25, 0.3) is 0 Å². The molecule has 2 aliphatic rings. The van der Waals surface area contributed by atoms with Crippen molar-refractivity contribution < 1.29 is 0 Å². The summed E-state index contributed by atoms with van der Waals surface area (Å²) in [6, 6.07) is 10.8. The molecule has 0 spiro atoms. The Kier molecular flexibility index (Phi) is 2.69. The van der Waals surface area contributed by atoms with Crippen LogP contribution in [0.15, 0.2) is 41.6 Å². The van der Waals surface area contributed by atoms with E-state index in [4.69, 9.17) is 0 Å². The summed E-state index contributed by atoms with van der Waals surface area (Å²) in [7, 11) is 0. The van der Waals surface area contributed by atoms with E-state index in [1.165, 1.54) is 44.2 Å². The molecule has 3 rings (SSSR count). The third-order valence-electron chi connectivity index (χ3n) is 3.70. The molecule has 0 N–H and O–H groups in total. The molecule has 2 fully saturated rings. The number of nitrogens with zero attached hydrogens (tertiary/aromatic N) is 1. The zero-order valence-electron chi connectivity index (χ0n) is 9.78. The molecule has 0 radical (unpaired) electrons. The fourth-order valence-electron chi connectivity index (χ4n) is 2.70. The summed E-state index contributed by atoms with van der Waals surface area (Å²) >= 11 is 0. The van der Waals surface area contributed by atoms with Crippen LogP contribution in [-0.4, -0.2) is 11.4 Å². The Labute approximate surface area is 97.8 Å². The van der Waals surface area contributed by atoms with Gasteiger partial charge in [-0.3, -0.25) is 0 Å². The molecule has 0 amide bonds. The van der Waals surface area contributed by atoms with E-state index in [-0.39, 0.29) is 0 Å². The van der Waals surface area contributed by atoms with Crippen LogP contribution in [0.4, 0.5) is 0 Å². The summed E-state index contributed by atoms with van der Waals surface area (Å²) in [5.74, 6) is 0. The highest BCUT2D eigenvalue weighted by Crippen LogP contribution is 2.35. The highest BCUT2D eigenvalue weighted by Gasteiger charge is 2.28. The minimum absolute atomic E-state index is 1.11. The quantitative estimate of drug-likeness (QED) is 0.677. The molecule has 0 aromatic heterocycles. The Morgan fingerprint density at radius 1 is 0.938 bits per heavy atom. The molecule has 1 aliphatic heterocycles. The van der Waals surface area contributed by atoms with Crippen molar-refractivity contribution in [1.29, 1.82) is 0 Å². The molecular weight excluding hydrogens is 194 g/mol. The zero-order valence-corrected chi connectivity index (χ0v) is 9.78. The highest BCUT2D eigenvalue weighted by atomic mass is 15.3. The second-order valence-electron chi connectivity index (χ2n) is 4.95. The van der Waals surface area contributed by atoms with E-state index in [1.54, 1.807) is 11.3 Å². The van der Waals surface area contributed by atoms with Crippen molar-refractivity contribution in [3.05, 3.63) is 47.2 Å². The molecular formula is C15H19N. The van der Waals surface area contributed by atoms with Gasteiger partial charge in [0, 0.05) is 12.2 Å². The van der Waals surface area contributed by atoms with Gasteiger partial charge in [-0.2, -0.15) is 0 Å². The molecule has 1 aromatic rings. The summed E-state index contributed by atoms with van der Waals surface area (Å²) in [6.07, 6.45) is 6.99. The number of hydrogen-bond donors (Lipinski definition) is 0. The van der Waals surface area contributed by atoms with Gasteiger partial charge in [0.1, 0.15) is 0 Å². The lowest BCUT2D eigenvalue weighted by Gasteiger charge is -2.13. The second-order valence-corrected chi connectivity index (χ2v) is 4.95. The average Bonchev–Trinajstić information content (AvgIpc) is 3.11. The molecule has 0 bridgehead atoms. The van der Waals surface area contributed by atoms with Gasteiger partial charge in [-0.1, -0.05) is 36.8 Å². The summed E-state index contributed by atoms with van der Waals surface area (Å²) in [6.45, 7) is 2.34. The first-order valence-electron chi connectivity index (χ1n) is 6.43. The molecule has 1 saturated carbocycles. The normalized spacial score (nSPS) is 20.1. The molecule has 1 aromatic carbocycles. The predicted molar refractivity (Wildman–Crippen MR) is 67.0 cm³/mol. The molecule has 0 unspecified atom stereocenters. The third kappa shape index (κ3) is 2.13. The Hall–Kier alpha value is -1.24. The summed E-state index contributed by atoms with van der Waals surface area (Å²) < 4.78 is 0. The van der Waals surface area contributed by atoms with Crippen LogP contribution in [0.5, 0.6) is 0 Å². The Morgan fingerprint density at radius 3 is 2.44 bits per heavy atom. The van der Waals surface area contributed by atoms with Crippen LogP contribution in [0.3, 0.4) is 0 Å². The lowest BCUT2D eigenvalue weighted by atomic mass is 9.95.